The van der Waals surface area contributed by atoms with Crippen molar-refractivity contribution in [1.82, 2.24) is 30.4 Å². The van der Waals surface area contributed by atoms with Crippen molar-refractivity contribution < 1.29 is 19.2 Å². The fraction of sp³-hybridized carbons (Fsp3) is 0.286. The van der Waals surface area contributed by atoms with Gasteiger partial charge < -0.3 is 20.2 Å². The molecule has 2 amide bonds. The summed E-state index contributed by atoms with van der Waals surface area (Å²) in [7, 11) is 0. The molecule has 50 heavy (non-hydrogen) atoms. The number of hydrogen-bond acceptors (Lipinski definition) is 11. The monoisotopic (exact) mass is 730 g/mol. The number of hydrogen-bond donors (Lipinski definition) is 3. The zero-order valence-electron chi connectivity index (χ0n) is 27.6. The summed E-state index contributed by atoms with van der Waals surface area (Å²) in [5, 5.41) is 20.8. The number of carbonyl (C=O) groups is 2. The topological polar surface area (TPSA) is 145 Å². The van der Waals surface area contributed by atoms with Gasteiger partial charge in [0.15, 0.2) is 5.82 Å². The number of aromatic nitrogens is 4. The normalized spacial score (nSPS) is 13.9. The SMILES string of the molecule is Cc1sc2c(c1C)C(c1ccc(Cl)cc1)=N[C@@H](CC(=O)NCCOCCO/N=C\CNC(=O)c1cnc3c(S)cccc3c1)c1nnc(C)n1-2. The van der Waals surface area contributed by atoms with Gasteiger partial charge in [0, 0.05) is 44.0 Å². The van der Waals surface area contributed by atoms with Crippen molar-refractivity contribution in [3.63, 3.8) is 0 Å². The van der Waals surface area contributed by atoms with Gasteiger partial charge in [-0.3, -0.25) is 24.1 Å². The molecule has 5 aromatic rings. The highest BCUT2D eigenvalue weighted by Crippen LogP contribution is 2.39. The van der Waals surface area contributed by atoms with E-state index < -0.39 is 6.04 Å². The molecule has 1 aliphatic rings. The second kappa shape index (κ2) is 15.9. The van der Waals surface area contributed by atoms with Crippen LogP contribution < -0.4 is 10.6 Å². The molecule has 0 radical (unpaired) electrons. The largest absolute Gasteiger partial charge is 0.394 e. The van der Waals surface area contributed by atoms with Gasteiger partial charge in [-0.2, -0.15) is 0 Å². The Morgan fingerprint density at radius 3 is 2.72 bits per heavy atom. The van der Waals surface area contributed by atoms with E-state index in [1.54, 1.807) is 17.4 Å². The number of aliphatic imine (C=N–C) groups is 1. The van der Waals surface area contributed by atoms with E-state index in [9.17, 15) is 9.59 Å². The molecule has 0 saturated carbocycles. The molecular formula is C35H35ClN8O4S2. The maximum Gasteiger partial charge on any atom is 0.253 e. The van der Waals surface area contributed by atoms with Crippen LogP contribution >= 0.6 is 35.6 Å². The Bertz CT molecular complexity index is 2090. The number of pyridine rings is 1. The van der Waals surface area contributed by atoms with Crippen LogP contribution in [0, 0.1) is 20.8 Å². The number of para-hydroxylation sites is 1. The van der Waals surface area contributed by atoms with Crippen LogP contribution in [0.4, 0.5) is 0 Å². The Balaban J connectivity index is 0.951. The van der Waals surface area contributed by atoms with Gasteiger partial charge in [0.25, 0.3) is 5.91 Å². The van der Waals surface area contributed by atoms with E-state index in [1.165, 1.54) is 17.3 Å². The molecule has 2 N–H and O–H groups in total. The van der Waals surface area contributed by atoms with Crippen molar-refractivity contribution in [1.29, 1.82) is 0 Å². The fourth-order valence-corrected chi connectivity index (χ4v) is 7.11. The lowest BCUT2D eigenvalue weighted by molar-refractivity contribution is -0.121. The number of rotatable bonds is 13. The van der Waals surface area contributed by atoms with Gasteiger partial charge in [-0.05, 0) is 50.6 Å². The number of amides is 2. The number of fused-ring (bicyclic) bond motifs is 4. The first kappa shape index (κ1) is 35.2. The summed E-state index contributed by atoms with van der Waals surface area (Å²) < 4.78 is 7.60. The lowest BCUT2D eigenvalue weighted by Gasteiger charge is -2.13. The molecule has 6 rings (SSSR count). The Hall–Kier alpha value is -4.63. The van der Waals surface area contributed by atoms with Gasteiger partial charge in [-0.15, -0.1) is 34.2 Å². The summed E-state index contributed by atoms with van der Waals surface area (Å²) >= 11 is 12.3. The third-order valence-corrected chi connectivity index (χ3v) is 9.88. The van der Waals surface area contributed by atoms with Gasteiger partial charge in [-0.1, -0.05) is 41.0 Å². The molecule has 15 heteroatoms. The molecule has 2 aromatic carbocycles. The summed E-state index contributed by atoms with van der Waals surface area (Å²) in [5.41, 5.74) is 5.03. The van der Waals surface area contributed by atoms with Crippen molar-refractivity contribution >= 4 is 70.2 Å². The van der Waals surface area contributed by atoms with Gasteiger partial charge in [0.05, 0.1) is 49.2 Å². The van der Waals surface area contributed by atoms with Crippen LogP contribution in [0.2, 0.25) is 5.02 Å². The van der Waals surface area contributed by atoms with Gasteiger partial charge in [0.1, 0.15) is 23.5 Å². The Kier molecular flexibility index (Phi) is 11.2. The zero-order valence-corrected chi connectivity index (χ0v) is 30.1. The van der Waals surface area contributed by atoms with Crippen LogP contribution in [0.15, 0.2) is 69.8 Å². The van der Waals surface area contributed by atoms with Crippen LogP contribution in [0.25, 0.3) is 15.9 Å². The van der Waals surface area contributed by atoms with Crippen LogP contribution in [0.3, 0.4) is 0 Å². The van der Waals surface area contributed by atoms with E-state index in [2.05, 4.69) is 57.4 Å². The summed E-state index contributed by atoms with van der Waals surface area (Å²) in [6, 6.07) is 14.4. The summed E-state index contributed by atoms with van der Waals surface area (Å²) in [5.74, 6) is 0.900. The van der Waals surface area contributed by atoms with Crippen molar-refractivity contribution in [3.05, 3.63) is 98.5 Å². The predicted molar refractivity (Wildman–Crippen MR) is 197 cm³/mol. The number of nitrogens with zero attached hydrogens (tertiary/aromatic N) is 6. The van der Waals surface area contributed by atoms with Crippen molar-refractivity contribution in [3.8, 4) is 5.00 Å². The second-order valence-corrected chi connectivity index (χ2v) is 13.6. The number of carbonyl (C=O) groups excluding carboxylic acids is 2. The first-order valence-electron chi connectivity index (χ1n) is 15.9. The molecule has 0 saturated heterocycles. The number of ether oxygens (including phenoxy) is 1. The van der Waals surface area contributed by atoms with E-state index in [1.807, 2.05) is 54.0 Å². The van der Waals surface area contributed by atoms with E-state index in [-0.39, 0.29) is 38.0 Å². The number of aryl methyl sites for hydroxylation is 2. The zero-order chi connectivity index (χ0) is 35.2. The van der Waals surface area contributed by atoms with E-state index >= 15 is 0 Å². The number of halogens is 1. The molecule has 1 atom stereocenters. The first-order chi connectivity index (χ1) is 24.2. The standard InChI is InChI=1S/C35H35ClN8O4S2/c1-20-21(2)50-35-30(20)32(23-7-9-26(36)10-8-23)41-27(33-43-42-22(3)44(33)35)18-29(45)37-13-14-47-15-16-48-40-12-11-38-34(46)25-17-24-5-4-6-28(49)31(24)39-19-25/h4-10,12,17,19,27,49H,11,13-16,18H2,1-3H3,(H,37,45)(H,38,46)/b40-12-/t27-/m0/s1. The Labute approximate surface area is 303 Å². The molecule has 0 bridgehead atoms. The van der Waals surface area contributed by atoms with E-state index in [0.717, 1.165) is 49.0 Å². The molecule has 258 valence electrons. The minimum absolute atomic E-state index is 0.0878. The highest BCUT2D eigenvalue weighted by atomic mass is 35.5. The Morgan fingerprint density at radius 2 is 1.90 bits per heavy atom. The number of thiophene rings is 1. The van der Waals surface area contributed by atoms with Crippen LogP contribution in [-0.2, 0) is 14.4 Å². The lowest BCUT2D eigenvalue weighted by Crippen LogP contribution is -2.29. The minimum Gasteiger partial charge on any atom is -0.394 e. The van der Waals surface area contributed by atoms with Gasteiger partial charge in [0.2, 0.25) is 5.91 Å². The number of oxime groups is 1. The Morgan fingerprint density at radius 1 is 1.08 bits per heavy atom. The van der Waals surface area contributed by atoms with Crippen LogP contribution in [0.1, 0.15) is 56.0 Å². The molecule has 0 spiro atoms. The average Bonchev–Trinajstić information content (AvgIpc) is 3.59. The lowest BCUT2D eigenvalue weighted by atomic mass is 9.99. The highest BCUT2D eigenvalue weighted by molar-refractivity contribution is 7.80. The maximum absolute atomic E-state index is 13.1. The number of nitrogens with one attached hydrogen (secondary N) is 2. The molecule has 0 aliphatic carbocycles. The minimum atomic E-state index is -0.552. The maximum atomic E-state index is 13.1. The molecule has 4 heterocycles. The second-order valence-electron chi connectivity index (χ2n) is 11.5. The summed E-state index contributed by atoms with van der Waals surface area (Å²) in [6.45, 7) is 7.35. The predicted octanol–water partition coefficient (Wildman–Crippen LogP) is 5.59. The van der Waals surface area contributed by atoms with Crippen LogP contribution in [0.5, 0.6) is 0 Å². The van der Waals surface area contributed by atoms with E-state index in [0.29, 0.717) is 29.6 Å². The van der Waals surface area contributed by atoms with E-state index in [4.69, 9.17) is 26.2 Å². The highest BCUT2D eigenvalue weighted by Gasteiger charge is 2.32. The van der Waals surface area contributed by atoms with Crippen molar-refractivity contribution in [2.24, 2.45) is 10.1 Å². The van der Waals surface area contributed by atoms with Gasteiger partial charge >= 0.3 is 0 Å². The molecular weight excluding hydrogens is 696 g/mol. The first-order valence-corrected chi connectivity index (χ1v) is 17.6. The van der Waals surface area contributed by atoms with Gasteiger partial charge in [-0.25, -0.2) is 0 Å². The molecule has 12 nitrogen and oxygen atoms in total. The molecule has 1 aliphatic heterocycles. The molecule has 3 aromatic heterocycles. The third kappa shape index (κ3) is 7.88. The number of thiol groups is 1. The third-order valence-electron chi connectivity index (χ3n) is 8.08. The van der Waals surface area contributed by atoms with Crippen molar-refractivity contribution in [2.45, 2.75) is 38.1 Å². The fourth-order valence-electron chi connectivity index (χ4n) is 5.49. The summed E-state index contributed by atoms with van der Waals surface area (Å²) in [4.78, 5) is 42.2. The number of benzene rings is 2. The smallest absolute Gasteiger partial charge is 0.253 e. The summed E-state index contributed by atoms with van der Waals surface area (Å²) in [6.07, 6.45) is 3.06. The van der Waals surface area contributed by atoms with Crippen LogP contribution in [-0.4, -0.2) is 76.4 Å². The molecule has 0 fully saturated rings. The quantitative estimate of drug-likeness (QED) is 0.0620. The molecule has 0 unspecified atom stereocenters. The average molecular weight is 731 g/mol. The van der Waals surface area contributed by atoms with Crippen molar-refractivity contribution in [2.75, 3.05) is 32.9 Å².